The lowest BCUT2D eigenvalue weighted by atomic mass is 10.0. The van der Waals surface area contributed by atoms with E-state index in [2.05, 4.69) is 5.32 Å². The monoisotopic (exact) mass is 317 g/mol. The lowest BCUT2D eigenvalue weighted by Gasteiger charge is -2.24. The van der Waals surface area contributed by atoms with E-state index in [-0.39, 0.29) is 23.5 Å². The van der Waals surface area contributed by atoms with Crippen molar-refractivity contribution in [3.8, 4) is 0 Å². The molecule has 0 aromatic heterocycles. The van der Waals surface area contributed by atoms with Crippen LogP contribution < -0.4 is 5.32 Å². The standard InChI is InChI=1S/C18H20FNO3/c1-12(17(23-2)14-6-8-16(19)9-7-14)20-11-13-4-3-5-15(10-13)18(21)22/h3-10,12,17,20H,11H2,1-2H3,(H,21,22). The molecule has 2 aromatic rings. The summed E-state index contributed by atoms with van der Waals surface area (Å²) < 4.78 is 18.5. The fraction of sp³-hybridized carbons (Fsp3) is 0.278. The molecular formula is C18H20FNO3. The first-order chi connectivity index (χ1) is 11.0. The first kappa shape index (κ1) is 17.1. The highest BCUT2D eigenvalue weighted by molar-refractivity contribution is 5.87. The van der Waals surface area contributed by atoms with Crippen LogP contribution in [-0.2, 0) is 11.3 Å². The zero-order valence-electron chi connectivity index (χ0n) is 13.1. The first-order valence-electron chi connectivity index (χ1n) is 7.35. The maximum Gasteiger partial charge on any atom is 0.335 e. The van der Waals surface area contributed by atoms with Crippen LogP contribution in [-0.4, -0.2) is 24.2 Å². The molecule has 23 heavy (non-hydrogen) atoms. The van der Waals surface area contributed by atoms with E-state index in [0.29, 0.717) is 6.54 Å². The van der Waals surface area contributed by atoms with Crippen molar-refractivity contribution >= 4 is 5.97 Å². The van der Waals surface area contributed by atoms with E-state index in [4.69, 9.17) is 9.84 Å². The van der Waals surface area contributed by atoms with Crippen molar-refractivity contribution in [2.45, 2.75) is 25.6 Å². The zero-order chi connectivity index (χ0) is 16.8. The molecule has 2 N–H and O–H groups in total. The number of carboxylic acid groups (broad SMARTS) is 1. The Morgan fingerprint density at radius 2 is 1.96 bits per heavy atom. The van der Waals surface area contributed by atoms with Gasteiger partial charge in [-0.05, 0) is 42.3 Å². The molecule has 2 aromatic carbocycles. The summed E-state index contributed by atoms with van der Waals surface area (Å²) in [6.07, 6.45) is -0.224. The minimum Gasteiger partial charge on any atom is -0.478 e. The minimum atomic E-state index is -0.944. The number of methoxy groups -OCH3 is 1. The Hall–Kier alpha value is -2.24. The van der Waals surface area contributed by atoms with Gasteiger partial charge in [0.25, 0.3) is 0 Å². The number of hydrogen-bond acceptors (Lipinski definition) is 3. The van der Waals surface area contributed by atoms with E-state index in [0.717, 1.165) is 11.1 Å². The van der Waals surface area contributed by atoms with E-state index in [1.54, 1.807) is 37.4 Å². The second-order valence-corrected chi connectivity index (χ2v) is 5.38. The molecule has 0 aliphatic carbocycles. The predicted octanol–water partition coefficient (Wildman–Crippen LogP) is 3.39. The molecule has 5 heteroatoms. The van der Waals surface area contributed by atoms with Gasteiger partial charge in [0.15, 0.2) is 0 Å². The summed E-state index contributed by atoms with van der Waals surface area (Å²) in [5.41, 5.74) is 2.03. The van der Waals surface area contributed by atoms with Crippen LogP contribution in [0.1, 0.15) is 34.5 Å². The van der Waals surface area contributed by atoms with Crippen LogP contribution in [0, 0.1) is 5.82 Å². The van der Waals surface area contributed by atoms with Crippen LogP contribution in [0.3, 0.4) is 0 Å². The highest BCUT2D eigenvalue weighted by Crippen LogP contribution is 2.21. The van der Waals surface area contributed by atoms with Crippen LogP contribution in [0.2, 0.25) is 0 Å². The van der Waals surface area contributed by atoms with Crippen molar-refractivity contribution < 1.29 is 19.0 Å². The summed E-state index contributed by atoms with van der Waals surface area (Å²) >= 11 is 0. The van der Waals surface area contributed by atoms with Crippen LogP contribution in [0.5, 0.6) is 0 Å². The lowest BCUT2D eigenvalue weighted by molar-refractivity contribution is 0.0696. The highest BCUT2D eigenvalue weighted by atomic mass is 19.1. The van der Waals surface area contributed by atoms with Gasteiger partial charge in [0.2, 0.25) is 0 Å². The molecule has 0 aliphatic heterocycles. The minimum absolute atomic E-state index is 0.0288. The Kier molecular flexibility index (Phi) is 5.84. The third-order valence-corrected chi connectivity index (χ3v) is 3.71. The molecule has 122 valence electrons. The molecular weight excluding hydrogens is 297 g/mol. The van der Waals surface area contributed by atoms with Crippen LogP contribution in [0.25, 0.3) is 0 Å². The van der Waals surface area contributed by atoms with Gasteiger partial charge in [-0.1, -0.05) is 24.3 Å². The smallest absolute Gasteiger partial charge is 0.335 e. The molecule has 2 atom stereocenters. The Balaban J connectivity index is 2.02. The number of carbonyl (C=O) groups is 1. The fourth-order valence-electron chi connectivity index (χ4n) is 2.48. The van der Waals surface area contributed by atoms with Crippen LogP contribution in [0.4, 0.5) is 4.39 Å². The van der Waals surface area contributed by atoms with Crippen LogP contribution >= 0.6 is 0 Å². The third-order valence-electron chi connectivity index (χ3n) is 3.71. The molecule has 0 radical (unpaired) electrons. The van der Waals surface area contributed by atoms with Gasteiger partial charge in [0.1, 0.15) is 5.82 Å². The van der Waals surface area contributed by atoms with Gasteiger partial charge in [-0.25, -0.2) is 9.18 Å². The number of benzene rings is 2. The topological polar surface area (TPSA) is 58.6 Å². The van der Waals surface area contributed by atoms with E-state index >= 15 is 0 Å². The second-order valence-electron chi connectivity index (χ2n) is 5.38. The Morgan fingerprint density at radius 3 is 2.57 bits per heavy atom. The zero-order valence-corrected chi connectivity index (χ0v) is 13.1. The molecule has 0 fully saturated rings. The number of rotatable bonds is 7. The average molecular weight is 317 g/mol. The van der Waals surface area contributed by atoms with Crippen LogP contribution in [0.15, 0.2) is 48.5 Å². The van der Waals surface area contributed by atoms with Gasteiger partial charge < -0.3 is 15.2 Å². The van der Waals surface area contributed by atoms with E-state index < -0.39 is 5.97 Å². The number of carboxylic acids is 1. The number of hydrogen-bond donors (Lipinski definition) is 2. The molecule has 0 amide bonds. The number of nitrogens with one attached hydrogen (secondary N) is 1. The SMILES string of the molecule is COC(c1ccc(F)cc1)C(C)NCc1cccc(C(=O)O)c1. The average Bonchev–Trinajstić information content (AvgIpc) is 2.55. The number of ether oxygens (including phenoxy) is 1. The molecule has 0 saturated carbocycles. The van der Waals surface area contributed by atoms with Crippen molar-refractivity contribution in [2.75, 3.05) is 7.11 Å². The van der Waals surface area contributed by atoms with Gasteiger partial charge in [0.05, 0.1) is 11.7 Å². The molecule has 0 bridgehead atoms. The molecule has 0 heterocycles. The molecule has 0 spiro atoms. The van der Waals surface area contributed by atoms with Gasteiger partial charge in [-0.2, -0.15) is 0 Å². The predicted molar refractivity (Wildman–Crippen MR) is 85.9 cm³/mol. The van der Waals surface area contributed by atoms with E-state index in [1.165, 1.54) is 12.1 Å². The van der Waals surface area contributed by atoms with Gasteiger partial charge in [-0.15, -0.1) is 0 Å². The summed E-state index contributed by atoms with van der Waals surface area (Å²) in [6.45, 7) is 2.49. The van der Waals surface area contributed by atoms with Gasteiger partial charge in [0, 0.05) is 19.7 Å². The molecule has 2 unspecified atom stereocenters. The third kappa shape index (κ3) is 4.61. The summed E-state index contributed by atoms with van der Waals surface area (Å²) in [7, 11) is 1.61. The first-order valence-corrected chi connectivity index (χ1v) is 7.35. The van der Waals surface area contributed by atoms with Gasteiger partial charge >= 0.3 is 5.97 Å². The van der Waals surface area contributed by atoms with Crippen molar-refractivity contribution in [1.82, 2.24) is 5.32 Å². The second kappa shape index (κ2) is 7.85. The Labute approximate surface area is 134 Å². The molecule has 0 aliphatic rings. The van der Waals surface area contributed by atoms with Crippen molar-refractivity contribution in [2.24, 2.45) is 0 Å². The quantitative estimate of drug-likeness (QED) is 0.822. The molecule has 2 rings (SSSR count). The van der Waals surface area contributed by atoms with Crippen molar-refractivity contribution in [3.63, 3.8) is 0 Å². The normalized spacial score (nSPS) is 13.5. The highest BCUT2D eigenvalue weighted by Gasteiger charge is 2.18. The fourth-order valence-corrected chi connectivity index (χ4v) is 2.48. The molecule has 0 saturated heterocycles. The van der Waals surface area contributed by atoms with Gasteiger partial charge in [-0.3, -0.25) is 0 Å². The number of aromatic carboxylic acids is 1. The van der Waals surface area contributed by atoms with E-state index in [1.807, 2.05) is 13.0 Å². The van der Waals surface area contributed by atoms with Crippen molar-refractivity contribution in [3.05, 3.63) is 71.0 Å². The molecule has 4 nitrogen and oxygen atoms in total. The summed E-state index contributed by atoms with van der Waals surface area (Å²) in [5.74, 6) is -1.23. The lowest BCUT2D eigenvalue weighted by Crippen LogP contribution is -2.32. The Morgan fingerprint density at radius 1 is 1.26 bits per heavy atom. The summed E-state index contributed by atoms with van der Waals surface area (Å²) in [6, 6.07) is 13.0. The van der Waals surface area contributed by atoms with E-state index in [9.17, 15) is 9.18 Å². The number of halogens is 1. The Bertz CT molecular complexity index is 658. The largest absolute Gasteiger partial charge is 0.478 e. The maximum atomic E-state index is 13.0. The summed E-state index contributed by atoms with van der Waals surface area (Å²) in [4.78, 5) is 11.0. The maximum absolute atomic E-state index is 13.0. The van der Waals surface area contributed by atoms with Crippen molar-refractivity contribution in [1.29, 1.82) is 0 Å². The summed E-state index contributed by atoms with van der Waals surface area (Å²) in [5, 5.41) is 12.3.